The van der Waals surface area contributed by atoms with Gasteiger partial charge in [0, 0.05) is 18.0 Å². The zero-order chi connectivity index (χ0) is 17.1. The van der Waals surface area contributed by atoms with Crippen LogP contribution in [0.15, 0.2) is 30.9 Å². The van der Waals surface area contributed by atoms with Crippen LogP contribution in [0, 0.1) is 0 Å². The SMILES string of the molecule is CCCCc1c(-c2cncnc2)ccc2c1nc(OC)n2C(N)=O. The smallest absolute Gasteiger partial charge is 0.327 e. The second-order valence-corrected chi connectivity index (χ2v) is 5.46. The van der Waals surface area contributed by atoms with Gasteiger partial charge in [-0.3, -0.25) is 0 Å². The van der Waals surface area contributed by atoms with E-state index < -0.39 is 6.03 Å². The number of aromatic nitrogens is 4. The van der Waals surface area contributed by atoms with Crippen LogP contribution in [0.25, 0.3) is 22.2 Å². The van der Waals surface area contributed by atoms with Gasteiger partial charge in [0.05, 0.1) is 18.1 Å². The topological polar surface area (TPSA) is 95.9 Å². The molecule has 7 nitrogen and oxygen atoms in total. The highest BCUT2D eigenvalue weighted by Crippen LogP contribution is 2.32. The van der Waals surface area contributed by atoms with Crippen LogP contribution in [0.2, 0.25) is 0 Å². The van der Waals surface area contributed by atoms with Crippen molar-refractivity contribution in [3.05, 3.63) is 36.4 Å². The molecule has 0 saturated carbocycles. The number of carbonyl (C=O) groups is 1. The molecule has 24 heavy (non-hydrogen) atoms. The summed E-state index contributed by atoms with van der Waals surface area (Å²) in [7, 11) is 1.47. The van der Waals surface area contributed by atoms with Gasteiger partial charge in [-0.2, -0.15) is 4.98 Å². The molecule has 124 valence electrons. The Balaban J connectivity index is 2.29. The Morgan fingerprint density at radius 2 is 2.04 bits per heavy atom. The largest absolute Gasteiger partial charge is 0.468 e. The number of aryl methyl sites for hydroxylation is 1. The highest BCUT2D eigenvalue weighted by molar-refractivity contribution is 5.94. The van der Waals surface area contributed by atoms with E-state index in [-0.39, 0.29) is 6.01 Å². The summed E-state index contributed by atoms with van der Waals surface area (Å²) in [6.07, 6.45) is 7.92. The van der Waals surface area contributed by atoms with Crippen molar-refractivity contribution in [1.82, 2.24) is 19.5 Å². The van der Waals surface area contributed by atoms with Crippen LogP contribution in [0.5, 0.6) is 6.01 Å². The van der Waals surface area contributed by atoms with E-state index in [9.17, 15) is 4.79 Å². The molecule has 0 aliphatic rings. The van der Waals surface area contributed by atoms with Crippen molar-refractivity contribution in [3.63, 3.8) is 0 Å². The van der Waals surface area contributed by atoms with Crippen LogP contribution in [-0.2, 0) is 6.42 Å². The number of unbranched alkanes of at least 4 members (excludes halogenated alkanes) is 1. The molecule has 0 unspecified atom stereocenters. The molecular formula is C17H19N5O2. The van der Waals surface area contributed by atoms with Gasteiger partial charge in [-0.1, -0.05) is 19.4 Å². The quantitative estimate of drug-likeness (QED) is 0.778. The fourth-order valence-corrected chi connectivity index (χ4v) is 2.84. The van der Waals surface area contributed by atoms with Crippen LogP contribution in [-0.4, -0.2) is 32.7 Å². The number of primary amides is 1. The maximum atomic E-state index is 11.8. The molecule has 1 aromatic carbocycles. The number of ether oxygens (including phenoxy) is 1. The standard InChI is InChI=1S/C17H19N5O2/c1-3-4-5-13-12(11-8-19-10-20-9-11)6-7-14-15(13)21-17(24-2)22(14)16(18)23/h6-10H,3-5H2,1-2H3,(H2,18,23). The van der Waals surface area contributed by atoms with Gasteiger partial charge in [-0.25, -0.2) is 19.3 Å². The first-order chi connectivity index (χ1) is 11.7. The number of amides is 1. The molecule has 0 saturated heterocycles. The number of methoxy groups -OCH3 is 1. The molecule has 2 aromatic heterocycles. The zero-order valence-electron chi connectivity index (χ0n) is 13.7. The summed E-state index contributed by atoms with van der Waals surface area (Å²) in [5.41, 5.74) is 9.82. The average molecular weight is 325 g/mol. The van der Waals surface area contributed by atoms with E-state index in [4.69, 9.17) is 10.5 Å². The van der Waals surface area contributed by atoms with E-state index in [2.05, 4.69) is 21.9 Å². The number of rotatable bonds is 5. The average Bonchev–Trinajstić information content (AvgIpc) is 2.99. The summed E-state index contributed by atoms with van der Waals surface area (Å²) in [5.74, 6) is 0. The van der Waals surface area contributed by atoms with Crippen LogP contribution in [0.1, 0.15) is 25.3 Å². The lowest BCUT2D eigenvalue weighted by Gasteiger charge is -2.10. The van der Waals surface area contributed by atoms with Crippen molar-refractivity contribution in [1.29, 1.82) is 0 Å². The van der Waals surface area contributed by atoms with Crippen molar-refractivity contribution < 1.29 is 9.53 Å². The minimum absolute atomic E-state index is 0.191. The predicted octanol–water partition coefficient (Wildman–Crippen LogP) is 2.77. The molecule has 0 spiro atoms. The van der Waals surface area contributed by atoms with E-state index in [0.29, 0.717) is 5.52 Å². The Morgan fingerprint density at radius 3 is 2.67 bits per heavy atom. The molecule has 3 aromatic rings. The number of fused-ring (bicyclic) bond motifs is 1. The number of hydrogen-bond donors (Lipinski definition) is 1. The number of nitrogens with zero attached hydrogens (tertiary/aromatic N) is 4. The molecule has 7 heteroatoms. The lowest BCUT2D eigenvalue weighted by molar-refractivity contribution is 0.247. The summed E-state index contributed by atoms with van der Waals surface area (Å²) in [6, 6.07) is 3.35. The second kappa shape index (κ2) is 6.66. The van der Waals surface area contributed by atoms with Gasteiger partial charge < -0.3 is 10.5 Å². The molecule has 0 radical (unpaired) electrons. The normalized spacial score (nSPS) is 10.9. The fourth-order valence-electron chi connectivity index (χ4n) is 2.84. The number of carbonyl (C=O) groups excluding carboxylic acids is 1. The summed E-state index contributed by atoms with van der Waals surface area (Å²) in [4.78, 5) is 24.5. The minimum atomic E-state index is -0.619. The molecule has 0 aliphatic carbocycles. The van der Waals surface area contributed by atoms with Gasteiger partial charge in [0.25, 0.3) is 0 Å². The van der Waals surface area contributed by atoms with E-state index in [1.54, 1.807) is 12.4 Å². The molecule has 0 fully saturated rings. The second-order valence-electron chi connectivity index (χ2n) is 5.46. The minimum Gasteiger partial charge on any atom is -0.468 e. The first kappa shape index (κ1) is 15.9. The van der Waals surface area contributed by atoms with E-state index in [1.165, 1.54) is 18.0 Å². The third-order valence-electron chi connectivity index (χ3n) is 3.96. The Labute approximate surface area is 139 Å². The molecule has 1 amide bonds. The number of hydrogen-bond acceptors (Lipinski definition) is 5. The van der Waals surface area contributed by atoms with Crippen LogP contribution >= 0.6 is 0 Å². The van der Waals surface area contributed by atoms with Crippen LogP contribution in [0.4, 0.5) is 4.79 Å². The number of imidazole rings is 1. The van der Waals surface area contributed by atoms with Gasteiger partial charge in [-0.15, -0.1) is 0 Å². The zero-order valence-corrected chi connectivity index (χ0v) is 13.7. The fraction of sp³-hybridized carbons (Fsp3) is 0.294. The molecule has 3 rings (SSSR count). The molecular weight excluding hydrogens is 306 g/mol. The highest BCUT2D eigenvalue weighted by atomic mass is 16.5. The lowest BCUT2D eigenvalue weighted by atomic mass is 9.96. The highest BCUT2D eigenvalue weighted by Gasteiger charge is 2.20. The summed E-state index contributed by atoms with van der Waals surface area (Å²) in [5, 5.41) is 0. The molecule has 2 heterocycles. The Kier molecular flexibility index (Phi) is 4.41. The van der Waals surface area contributed by atoms with Gasteiger partial charge in [-0.05, 0) is 30.0 Å². The van der Waals surface area contributed by atoms with Gasteiger partial charge in [0.2, 0.25) is 0 Å². The Morgan fingerprint density at radius 1 is 1.29 bits per heavy atom. The van der Waals surface area contributed by atoms with E-state index in [1.807, 2.05) is 12.1 Å². The lowest BCUT2D eigenvalue weighted by Crippen LogP contribution is -2.20. The first-order valence-corrected chi connectivity index (χ1v) is 7.80. The first-order valence-electron chi connectivity index (χ1n) is 7.80. The molecule has 0 atom stereocenters. The van der Waals surface area contributed by atoms with Gasteiger partial charge >= 0.3 is 12.0 Å². The molecule has 0 aliphatic heterocycles. The third-order valence-corrected chi connectivity index (χ3v) is 3.96. The number of nitrogens with two attached hydrogens (primary N) is 1. The van der Waals surface area contributed by atoms with Crippen molar-refractivity contribution in [2.24, 2.45) is 5.73 Å². The molecule has 2 N–H and O–H groups in total. The maximum absolute atomic E-state index is 11.8. The van der Waals surface area contributed by atoms with Crippen molar-refractivity contribution in [3.8, 4) is 17.1 Å². The Hall–Kier alpha value is -2.96. The summed E-state index contributed by atoms with van der Waals surface area (Å²) >= 11 is 0. The monoisotopic (exact) mass is 325 g/mol. The maximum Gasteiger partial charge on any atom is 0.327 e. The van der Waals surface area contributed by atoms with E-state index >= 15 is 0 Å². The van der Waals surface area contributed by atoms with Crippen LogP contribution in [0.3, 0.4) is 0 Å². The van der Waals surface area contributed by atoms with Crippen molar-refractivity contribution >= 4 is 17.1 Å². The van der Waals surface area contributed by atoms with Crippen molar-refractivity contribution in [2.45, 2.75) is 26.2 Å². The number of benzene rings is 1. The van der Waals surface area contributed by atoms with Gasteiger partial charge in [0.15, 0.2) is 0 Å². The van der Waals surface area contributed by atoms with E-state index in [0.717, 1.165) is 41.5 Å². The summed E-state index contributed by atoms with van der Waals surface area (Å²) in [6.45, 7) is 2.13. The van der Waals surface area contributed by atoms with Crippen molar-refractivity contribution in [2.75, 3.05) is 7.11 Å². The van der Waals surface area contributed by atoms with Gasteiger partial charge in [0.1, 0.15) is 6.33 Å². The third kappa shape index (κ3) is 2.68. The van der Waals surface area contributed by atoms with Crippen LogP contribution < -0.4 is 10.5 Å². The molecule has 0 bridgehead atoms. The predicted molar refractivity (Wildman–Crippen MR) is 90.9 cm³/mol. The Bertz CT molecular complexity index is 874. The summed E-state index contributed by atoms with van der Waals surface area (Å²) < 4.78 is 6.51.